The number of hydrogen-bond donors (Lipinski definition) is 2. The van der Waals surface area contributed by atoms with Gasteiger partial charge >= 0.3 is 6.03 Å². The second-order valence-electron chi connectivity index (χ2n) is 8.57. The van der Waals surface area contributed by atoms with Gasteiger partial charge in [0.1, 0.15) is 11.5 Å². The second kappa shape index (κ2) is 11.4. The quantitative estimate of drug-likeness (QED) is 0.504. The molecule has 1 heterocycles. The van der Waals surface area contributed by atoms with Crippen molar-refractivity contribution in [3.8, 4) is 11.5 Å². The van der Waals surface area contributed by atoms with Crippen molar-refractivity contribution < 1.29 is 19.1 Å². The lowest BCUT2D eigenvalue weighted by Crippen LogP contribution is -2.41. The van der Waals surface area contributed by atoms with Crippen LogP contribution < -0.4 is 20.1 Å². The van der Waals surface area contributed by atoms with Crippen molar-refractivity contribution in [3.63, 3.8) is 0 Å². The number of urea groups is 1. The first-order chi connectivity index (χ1) is 17.1. The van der Waals surface area contributed by atoms with Crippen LogP contribution in [0.2, 0.25) is 0 Å². The van der Waals surface area contributed by atoms with Crippen molar-refractivity contribution in [1.29, 1.82) is 0 Å². The number of para-hydroxylation sites is 1. The van der Waals surface area contributed by atoms with Crippen LogP contribution in [-0.4, -0.2) is 44.1 Å². The molecule has 3 amide bonds. The summed E-state index contributed by atoms with van der Waals surface area (Å²) in [6.07, 6.45) is 1.89. The van der Waals surface area contributed by atoms with Gasteiger partial charge in [-0.25, -0.2) is 4.79 Å². The number of piperidine rings is 1. The Morgan fingerprint density at radius 1 is 0.971 bits per heavy atom. The predicted molar refractivity (Wildman–Crippen MR) is 136 cm³/mol. The van der Waals surface area contributed by atoms with Crippen molar-refractivity contribution in [1.82, 2.24) is 10.2 Å². The van der Waals surface area contributed by atoms with Gasteiger partial charge in [-0.1, -0.05) is 30.3 Å². The molecule has 0 spiro atoms. The SMILES string of the molecule is COc1ccc(OC)c(CNC(=O)c2cccc(C3CCCN(C(=O)Nc4ccccc4)C3)c2)c1. The Bertz CT molecular complexity index is 1170. The van der Waals surface area contributed by atoms with E-state index < -0.39 is 0 Å². The van der Waals surface area contributed by atoms with E-state index in [9.17, 15) is 9.59 Å². The minimum Gasteiger partial charge on any atom is -0.497 e. The molecule has 3 aromatic rings. The average Bonchev–Trinajstić information content (AvgIpc) is 2.92. The topological polar surface area (TPSA) is 79.9 Å². The van der Waals surface area contributed by atoms with E-state index in [-0.39, 0.29) is 17.9 Å². The van der Waals surface area contributed by atoms with Gasteiger partial charge in [-0.3, -0.25) is 4.79 Å². The molecular weight excluding hydrogens is 442 g/mol. The molecule has 1 aliphatic rings. The van der Waals surface area contributed by atoms with Gasteiger partial charge in [0.2, 0.25) is 0 Å². The molecule has 1 unspecified atom stereocenters. The van der Waals surface area contributed by atoms with E-state index in [1.54, 1.807) is 14.2 Å². The van der Waals surface area contributed by atoms with Gasteiger partial charge < -0.3 is 25.0 Å². The number of likely N-dealkylation sites (tertiary alicyclic amines) is 1. The Balaban J connectivity index is 1.40. The number of nitrogens with one attached hydrogen (secondary N) is 2. The summed E-state index contributed by atoms with van der Waals surface area (Å²) in [7, 11) is 3.21. The fraction of sp³-hybridized carbons (Fsp3) is 0.286. The molecular formula is C28H31N3O4. The molecule has 3 aromatic carbocycles. The maximum absolute atomic E-state index is 12.9. The van der Waals surface area contributed by atoms with Crippen LogP contribution in [0.3, 0.4) is 0 Å². The van der Waals surface area contributed by atoms with E-state index in [1.807, 2.05) is 77.7 Å². The number of methoxy groups -OCH3 is 2. The van der Waals surface area contributed by atoms with Gasteiger partial charge in [0.05, 0.1) is 14.2 Å². The fourth-order valence-electron chi connectivity index (χ4n) is 4.39. The number of ether oxygens (including phenoxy) is 2. The van der Waals surface area contributed by atoms with Gasteiger partial charge in [0, 0.05) is 42.4 Å². The van der Waals surface area contributed by atoms with Crippen LogP contribution in [0.4, 0.5) is 10.5 Å². The smallest absolute Gasteiger partial charge is 0.321 e. The van der Waals surface area contributed by atoms with E-state index in [0.29, 0.717) is 30.2 Å². The highest BCUT2D eigenvalue weighted by atomic mass is 16.5. The first kappa shape index (κ1) is 24.1. The molecule has 0 bridgehead atoms. The number of rotatable bonds is 7. The van der Waals surface area contributed by atoms with Crippen molar-refractivity contribution in [2.24, 2.45) is 0 Å². The number of carbonyl (C=O) groups excluding carboxylic acids is 2. The first-order valence-electron chi connectivity index (χ1n) is 11.8. The number of anilines is 1. The molecule has 1 saturated heterocycles. The number of benzene rings is 3. The van der Waals surface area contributed by atoms with Crippen LogP contribution in [0.25, 0.3) is 0 Å². The van der Waals surface area contributed by atoms with Crippen LogP contribution in [0.5, 0.6) is 11.5 Å². The lowest BCUT2D eigenvalue weighted by molar-refractivity contribution is 0.0950. The molecule has 7 nitrogen and oxygen atoms in total. The molecule has 1 fully saturated rings. The summed E-state index contributed by atoms with van der Waals surface area (Å²) in [5.41, 5.74) is 3.28. The molecule has 0 aromatic heterocycles. The molecule has 1 atom stereocenters. The first-order valence-corrected chi connectivity index (χ1v) is 11.8. The van der Waals surface area contributed by atoms with E-state index >= 15 is 0 Å². The standard InChI is InChI=1S/C28H31N3O4/c1-34-25-13-14-26(35-2)23(17-25)18-29-27(32)21-9-6-8-20(16-21)22-10-7-15-31(19-22)28(33)30-24-11-4-3-5-12-24/h3-6,8-9,11-14,16-17,22H,7,10,15,18-19H2,1-2H3,(H,29,32)(H,30,33). The van der Waals surface area contributed by atoms with Crippen LogP contribution in [0, 0.1) is 0 Å². The summed E-state index contributed by atoms with van der Waals surface area (Å²) >= 11 is 0. The summed E-state index contributed by atoms with van der Waals surface area (Å²) in [6.45, 7) is 1.66. The van der Waals surface area contributed by atoms with Gasteiger partial charge in [0.25, 0.3) is 5.91 Å². The van der Waals surface area contributed by atoms with Gasteiger partial charge in [-0.15, -0.1) is 0 Å². The molecule has 0 radical (unpaired) electrons. The van der Waals surface area contributed by atoms with Gasteiger partial charge in [-0.05, 0) is 60.9 Å². The number of hydrogen-bond acceptors (Lipinski definition) is 4. The summed E-state index contributed by atoms with van der Waals surface area (Å²) < 4.78 is 10.7. The van der Waals surface area contributed by atoms with Crippen molar-refractivity contribution in [2.75, 3.05) is 32.6 Å². The zero-order valence-electron chi connectivity index (χ0n) is 20.1. The maximum atomic E-state index is 12.9. The van der Waals surface area contributed by atoms with Crippen LogP contribution in [-0.2, 0) is 6.54 Å². The zero-order chi connectivity index (χ0) is 24.6. The lowest BCUT2D eigenvalue weighted by atomic mass is 9.89. The van der Waals surface area contributed by atoms with Crippen molar-refractivity contribution in [2.45, 2.75) is 25.3 Å². The van der Waals surface area contributed by atoms with E-state index in [0.717, 1.165) is 36.2 Å². The fourth-order valence-corrected chi connectivity index (χ4v) is 4.39. The predicted octanol–water partition coefficient (Wildman–Crippen LogP) is 5.05. The molecule has 4 rings (SSSR count). The van der Waals surface area contributed by atoms with E-state index in [2.05, 4.69) is 10.6 Å². The Hall–Kier alpha value is -4.00. The Kier molecular flexibility index (Phi) is 7.88. The molecule has 7 heteroatoms. The summed E-state index contributed by atoms with van der Waals surface area (Å²) in [4.78, 5) is 27.5. The lowest BCUT2D eigenvalue weighted by Gasteiger charge is -2.33. The maximum Gasteiger partial charge on any atom is 0.321 e. The molecule has 2 N–H and O–H groups in total. The Morgan fingerprint density at radius 3 is 2.57 bits per heavy atom. The molecule has 182 valence electrons. The highest BCUT2D eigenvalue weighted by Crippen LogP contribution is 2.28. The van der Waals surface area contributed by atoms with Crippen LogP contribution >= 0.6 is 0 Å². The van der Waals surface area contributed by atoms with Gasteiger partial charge in [-0.2, -0.15) is 0 Å². The number of carbonyl (C=O) groups is 2. The van der Waals surface area contributed by atoms with E-state index in [1.165, 1.54) is 0 Å². The normalized spacial score (nSPS) is 15.3. The molecule has 1 aliphatic heterocycles. The Morgan fingerprint density at radius 2 is 1.80 bits per heavy atom. The minimum atomic E-state index is -0.161. The second-order valence-corrected chi connectivity index (χ2v) is 8.57. The third kappa shape index (κ3) is 6.12. The highest BCUT2D eigenvalue weighted by Gasteiger charge is 2.25. The third-order valence-electron chi connectivity index (χ3n) is 6.28. The zero-order valence-corrected chi connectivity index (χ0v) is 20.1. The highest BCUT2D eigenvalue weighted by molar-refractivity contribution is 5.94. The number of nitrogens with zero attached hydrogens (tertiary/aromatic N) is 1. The number of amides is 3. The minimum absolute atomic E-state index is 0.0953. The molecule has 35 heavy (non-hydrogen) atoms. The summed E-state index contributed by atoms with van der Waals surface area (Å²) in [5, 5.41) is 5.94. The molecule has 0 saturated carbocycles. The largest absolute Gasteiger partial charge is 0.497 e. The van der Waals surface area contributed by atoms with Gasteiger partial charge in [0.15, 0.2) is 0 Å². The van der Waals surface area contributed by atoms with Crippen molar-refractivity contribution >= 4 is 17.6 Å². The van der Waals surface area contributed by atoms with Crippen LogP contribution in [0.15, 0.2) is 72.8 Å². The summed E-state index contributed by atoms with van der Waals surface area (Å²) in [6, 6.07) is 22.6. The van der Waals surface area contributed by atoms with Crippen molar-refractivity contribution in [3.05, 3.63) is 89.5 Å². The summed E-state index contributed by atoms with van der Waals surface area (Å²) in [5.74, 6) is 1.41. The Labute approximate surface area is 206 Å². The average molecular weight is 474 g/mol. The molecule has 0 aliphatic carbocycles. The third-order valence-corrected chi connectivity index (χ3v) is 6.28. The van der Waals surface area contributed by atoms with E-state index in [4.69, 9.17) is 9.47 Å². The van der Waals surface area contributed by atoms with Crippen LogP contribution in [0.1, 0.15) is 40.2 Å². The monoisotopic (exact) mass is 473 g/mol.